The molecule has 0 atom stereocenters. The summed E-state index contributed by atoms with van der Waals surface area (Å²) in [5.41, 5.74) is 1.10. The van der Waals surface area contributed by atoms with E-state index in [1.807, 2.05) is 0 Å². The second-order valence-electron chi connectivity index (χ2n) is 5.09. The molecule has 0 aliphatic carbocycles. The van der Waals surface area contributed by atoms with Crippen molar-refractivity contribution in [3.05, 3.63) is 23.9 Å². The molecule has 0 aliphatic rings. The molecule has 0 amide bonds. The quantitative estimate of drug-likeness (QED) is 0.753. The number of hydrogen-bond donors (Lipinski definition) is 1. The van der Waals surface area contributed by atoms with Crippen molar-refractivity contribution in [1.29, 1.82) is 0 Å². The summed E-state index contributed by atoms with van der Waals surface area (Å²) in [6.45, 7) is 2.73. The molecule has 1 heterocycles. The van der Waals surface area contributed by atoms with E-state index < -0.39 is 5.97 Å². The van der Waals surface area contributed by atoms with Gasteiger partial charge in [-0.1, -0.05) is 25.0 Å². The Labute approximate surface area is 134 Å². The van der Waals surface area contributed by atoms with E-state index in [1.165, 1.54) is 7.11 Å². The molecule has 7 nitrogen and oxygen atoms in total. The molecule has 2 aromatic rings. The molecule has 0 unspecified atom stereocenters. The van der Waals surface area contributed by atoms with Crippen LogP contribution in [0.3, 0.4) is 0 Å². The maximum atomic E-state index is 11.4. The molecule has 7 heteroatoms. The van der Waals surface area contributed by atoms with Gasteiger partial charge < -0.3 is 14.6 Å². The van der Waals surface area contributed by atoms with Crippen LogP contribution in [0.4, 0.5) is 0 Å². The lowest BCUT2D eigenvalue weighted by molar-refractivity contribution is 0.0691. The van der Waals surface area contributed by atoms with Crippen molar-refractivity contribution in [3.63, 3.8) is 0 Å². The van der Waals surface area contributed by atoms with Crippen LogP contribution in [-0.4, -0.2) is 40.3 Å². The summed E-state index contributed by atoms with van der Waals surface area (Å²) in [4.78, 5) is 11.4. The van der Waals surface area contributed by atoms with Crippen molar-refractivity contribution in [2.45, 2.75) is 32.7 Å². The second kappa shape index (κ2) is 7.62. The average molecular weight is 319 g/mol. The zero-order valence-corrected chi connectivity index (χ0v) is 13.6. The van der Waals surface area contributed by atoms with E-state index in [2.05, 4.69) is 17.2 Å². The second-order valence-corrected chi connectivity index (χ2v) is 5.09. The number of nitrogens with zero attached hydrogens (tertiary/aromatic N) is 3. The van der Waals surface area contributed by atoms with Crippen LogP contribution >= 0.6 is 0 Å². The standard InChI is InChI=1S/C16H21N3O4/c1-4-5-6-9-19-15(14(16(20)21)17-18-19)11-7-8-12(22-2)13(10-11)23-3/h7-8,10H,4-6,9H2,1-3H3,(H,20,21). The number of aryl methyl sites for hydroxylation is 1. The molecule has 1 N–H and O–H groups in total. The van der Waals surface area contributed by atoms with Crippen molar-refractivity contribution in [2.75, 3.05) is 14.2 Å². The number of carbonyl (C=O) groups is 1. The third-order valence-electron chi connectivity index (χ3n) is 3.57. The summed E-state index contributed by atoms with van der Waals surface area (Å²) in [6, 6.07) is 5.26. The Hall–Kier alpha value is -2.57. The van der Waals surface area contributed by atoms with Crippen LogP contribution in [0.2, 0.25) is 0 Å². The summed E-state index contributed by atoms with van der Waals surface area (Å²) in [5, 5.41) is 17.2. The van der Waals surface area contributed by atoms with Crippen molar-refractivity contribution in [3.8, 4) is 22.8 Å². The fraction of sp³-hybridized carbons (Fsp3) is 0.438. The fourth-order valence-corrected chi connectivity index (χ4v) is 2.39. The summed E-state index contributed by atoms with van der Waals surface area (Å²) in [7, 11) is 3.09. The van der Waals surface area contributed by atoms with E-state index >= 15 is 0 Å². The van der Waals surface area contributed by atoms with Gasteiger partial charge in [0.25, 0.3) is 0 Å². The number of benzene rings is 1. The lowest BCUT2D eigenvalue weighted by atomic mass is 10.1. The molecule has 1 aromatic heterocycles. The SMILES string of the molecule is CCCCCn1nnc(C(=O)O)c1-c1ccc(OC)c(OC)c1. The molecule has 23 heavy (non-hydrogen) atoms. The Bertz CT molecular complexity index is 682. The third kappa shape index (κ3) is 3.61. The maximum Gasteiger partial charge on any atom is 0.358 e. The third-order valence-corrected chi connectivity index (χ3v) is 3.57. The predicted octanol–water partition coefficient (Wildman–Crippen LogP) is 2.85. The van der Waals surface area contributed by atoms with Gasteiger partial charge in [-0.2, -0.15) is 0 Å². The molecule has 0 fully saturated rings. The molecular weight excluding hydrogens is 298 g/mol. The van der Waals surface area contributed by atoms with Crippen LogP contribution in [-0.2, 0) is 6.54 Å². The van der Waals surface area contributed by atoms with E-state index in [4.69, 9.17) is 9.47 Å². The number of rotatable bonds is 8. The molecule has 1 aromatic carbocycles. The zero-order valence-electron chi connectivity index (χ0n) is 13.6. The topological polar surface area (TPSA) is 86.5 Å². The molecule has 0 saturated carbocycles. The summed E-state index contributed by atoms with van der Waals surface area (Å²) >= 11 is 0. The number of unbranched alkanes of at least 4 members (excludes halogenated alkanes) is 2. The van der Waals surface area contributed by atoms with E-state index in [0.29, 0.717) is 29.3 Å². The zero-order chi connectivity index (χ0) is 16.8. The number of hydrogen-bond acceptors (Lipinski definition) is 5. The molecule has 0 aliphatic heterocycles. The van der Waals surface area contributed by atoms with Crippen molar-refractivity contribution < 1.29 is 19.4 Å². The monoisotopic (exact) mass is 319 g/mol. The number of carboxylic acid groups (broad SMARTS) is 1. The first-order chi connectivity index (χ1) is 11.1. The normalized spacial score (nSPS) is 10.6. The van der Waals surface area contributed by atoms with Crippen LogP contribution in [0.15, 0.2) is 18.2 Å². The van der Waals surface area contributed by atoms with Gasteiger partial charge in [-0.3, -0.25) is 0 Å². The van der Waals surface area contributed by atoms with Crippen molar-refractivity contribution in [1.82, 2.24) is 15.0 Å². The van der Waals surface area contributed by atoms with E-state index in [1.54, 1.807) is 30.0 Å². The van der Waals surface area contributed by atoms with Gasteiger partial charge in [0.2, 0.25) is 0 Å². The van der Waals surface area contributed by atoms with Crippen LogP contribution in [0.25, 0.3) is 11.3 Å². The molecule has 0 saturated heterocycles. The molecule has 0 bridgehead atoms. The Kier molecular flexibility index (Phi) is 5.56. The predicted molar refractivity (Wildman–Crippen MR) is 85.0 cm³/mol. The highest BCUT2D eigenvalue weighted by Crippen LogP contribution is 2.33. The number of aromatic carboxylic acids is 1. The van der Waals surface area contributed by atoms with Gasteiger partial charge in [-0.05, 0) is 24.6 Å². The van der Waals surface area contributed by atoms with Gasteiger partial charge in [-0.25, -0.2) is 9.48 Å². The van der Waals surface area contributed by atoms with E-state index in [0.717, 1.165) is 19.3 Å². The lowest BCUT2D eigenvalue weighted by Gasteiger charge is -2.11. The smallest absolute Gasteiger partial charge is 0.358 e. The highest BCUT2D eigenvalue weighted by Gasteiger charge is 2.21. The van der Waals surface area contributed by atoms with Crippen LogP contribution in [0, 0.1) is 0 Å². The van der Waals surface area contributed by atoms with Gasteiger partial charge in [0.05, 0.1) is 14.2 Å². The van der Waals surface area contributed by atoms with Crippen molar-refractivity contribution >= 4 is 5.97 Å². The minimum absolute atomic E-state index is 0.0614. The van der Waals surface area contributed by atoms with Gasteiger partial charge in [0.1, 0.15) is 5.69 Å². The Morgan fingerprint density at radius 2 is 1.96 bits per heavy atom. The Morgan fingerprint density at radius 3 is 2.57 bits per heavy atom. The minimum Gasteiger partial charge on any atom is -0.493 e. The minimum atomic E-state index is -1.10. The molecule has 2 rings (SSSR count). The molecule has 0 radical (unpaired) electrons. The van der Waals surface area contributed by atoms with Gasteiger partial charge in [-0.15, -0.1) is 5.10 Å². The van der Waals surface area contributed by atoms with E-state index in [9.17, 15) is 9.90 Å². The largest absolute Gasteiger partial charge is 0.493 e. The van der Waals surface area contributed by atoms with Crippen molar-refractivity contribution in [2.24, 2.45) is 0 Å². The van der Waals surface area contributed by atoms with Crippen LogP contribution in [0.5, 0.6) is 11.5 Å². The maximum absolute atomic E-state index is 11.4. The van der Waals surface area contributed by atoms with Gasteiger partial charge in [0.15, 0.2) is 17.2 Å². The van der Waals surface area contributed by atoms with Gasteiger partial charge >= 0.3 is 5.97 Å². The first-order valence-electron chi connectivity index (χ1n) is 7.51. The highest BCUT2D eigenvalue weighted by molar-refractivity contribution is 5.92. The Balaban J connectivity index is 2.47. The fourth-order valence-electron chi connectivity index (χ4n) is 2.39. The first kappa shape index (κ1) is 16.8. The summed E-state index contributed by atoms with van der Waals surface area (Å²) in [5.74, 6) is 0.0114. The number of ether oxygens (including phenoxy) is 2. The van der Waals surface area contributed by atoms with Gasteiger partial charge in [0, 0.05) is 12.1 Å². The number of aromatic nitrogens is 3. The molecule has 124 valence electrons. The lowest BCUT2D eigenvalue weighted by Crippen LogP contribution is -2.05. The first-order valence-corrected chi connectivity index (χ1v) is 7.51. The van der Waals surface area contributed by atoms with E-state index in [-0.39, 0.29) is 5.69 Å². The van der Waals surface area contributed by atoms with Crippen LogP contribution in [0.1, 0.15) is 36.7 Å². The number of methoxy groups -OCH3 is 2. The number of carboxylic acids is 1. The molecule has 0 spiro atoms. The molecular formula is C16H21N3O4. The summed E-state index contributed by atoms with van der Waals surface area (Å²) < 4.78 is 12.1. The highest BCUT2D eigenvalue weighted by atomic mass is 16.5. The Morgan fingerprint density at radius 1 is 1.22 bits per heavy atom. The van der Waals surface area contributed by atoms with Crippen LogP contribution < -0.4 is 9.47 Å². The average Bonchev–Trinajstić information content (AvgIpc) is 2.98. The summed E-state index contributed by atoms with van der Waals surface area (Å²) in [6.07, 6.45) is 3.04.